The van der Waals surface area contributed by atoms with E-state index in [1.165, 1.54) is 0 Å². The summed E-state index contributed by atoms with van der Waals surface area (Å²) in [7, 11) is 1.66. The molecule has 0 bridgehead atoms. The largest absolute Gasteiger partial charge is 0.497 e. The topological polar surface area (TPSA) is 56.6 Å². The molecule has 0 radical (unpaired) electrons. The number of hydrogen-bond donors (Lipinski definition) is 0. The first-order valence-electron chi connectivity index (χ1n) is 11.9. The van der Waals surface area contributed by atoms with E-state index in [-0.39, 0.29) is 11.8 Å². The Kier molecular flexibility index (Phi) is 7.04. The van der Waals surface area contributed by atoms with Gasteiger partial charge in [0, 0.05) is 35.6 Å². The number of methoxy groups -OCH3 is 1. The number of nitrogens with zero attached hydrogens (tertiary/aromatic N) is 3. The van der Waals surface area contributed by atoms with E-state index in [9.17, 15) is 4.79 Å². The number of aromatic nitrogens is 2. The van der Waals surface area contributed by atoms with Crippen molar-refractivity contribution in [3.8, 4) is 11.5 Å². The molecular formula is C28H28BrN3O3. The van der Waals surface area contributed by atoms with Crippen LogP contribution in [0.4, 0.5) is 5.69 Å². The number of para-hydroxylation sites is 2. The zero-order valence-electron chi connectivity index (χ0n) is 19.7. The van der Waals surface area contributed by atoms with Gasteiger partial charge in [0.05, 0.1) is 24.8 Å². The van der Waals surface area contributed by atoms with Crippen LogP contribution in [0, 0.1) is 0 Å². The summed E-state index contributed by atoms with van der Waals surface area (Å²) in [5.74, 6) is 2.86. The molecule has 1 saturated heterocycles. The highest BCUT2D eigenvalue weighted by Crippen LogP contribution is 2.34. The number of anilines is 1. The van der Waals surface area contributed by atoms with Gasteiger partial charge in [-0.2, -0.15) is 0 Å². The van der Waals surface area contributed by atoms with Crippen LogP contribution in [0.3, 0.4) is 0 Å². The van der Waals surface area contributed by atoms with Gasteiger partial charge in [-0.1, -0.05) is 34.1 Å². The maximum Gasteiger partial charge on any atom is 0.227 e. The highest BCUT2D eigenvalue weighted by Gasteiger charge is 2.34. The van der Waals surface area contributed by atoms with E-state index in [1.807, 2.05) is 71.6 Å². The van der Waals surface area contributed by atoms with Crippen LogP contribution in [0.25, 0.3) is 11.0 Å². The Morgan fingerprint density at radius 3 is 2.60 bits per heavy atom. The highest BCUT2D eigenvalue weighted by molar-refractivity contribution is 9.10. The third-order valence-corrected chi connectivity index (χ3v) is 6.89. The molecule has 1 amide bonds. The van der Waals surface area contributed by atoms with Crippen molar-refractivity contribution in [3.63, 3.8) is 0 Å². The standard InChI is InChI=1S/C28H28BrN3O3/c1-34-23-11-13-24(14-12-23)35-16-5-4-15-31-26-10-3-2-9-25(26)30-28(31)20-17-27(33)32(19-20)22-8-6-7-21(29)18-22/h2-3,6-14,18,20H,4-5,15-17,19H2,1H3. The molecule has 35 heavy (non-hydrogen) atoms. The number of benzene rings is 3. The van der Waals surface area contributed by atoms with Gasteiger partial charge in [-0.3, -0.25) is 4.79 Å². The molecule has 1 unspecified atom stereocenters. The van der Waals surface area contributed by atoms with E-state index in [0.717, 1.165) is 57.9 Å². The van der Waals surface area contributed by atoms with Crippen molar-refractivity contribution in [2.45, 2.75) is 31.7 Å². The summed E-state index contributed by atoms with van der Waals surface area (Å²) >= 11 is 3.52. The van der Waals surface area contributed by atoms with Crippen LogP contribution >= 0.6 is 15.9 Å². The smallest absolute Gasteiger partial charge is 0.227 e. The molecule has 3 aromatic carbocycles. The minimum atomic E-state index is 0.0597. The van der Waals surface area contributed by atoms with Crippen molar-refractivity contribution in [2.75, 3.05) is 25.2 Å². The molecule has 0 N–H and O–H groups in total. The van der Waals surface area contributed by atoms with E-state index in [0.29, 0.717) is 19.6 Å². The second kappa shape index (κ2) is 10.5. The minimum absolute atomic E-state index is 0.0597. The van der Waals surface area contributed by atoms with Crippen molar-refractivity contribution in [2.24, 2.45) is 0 Å². The summed E-state index contributed by atoms with van der Waals surface area (Å²) < 4.78 is 14.4. The monoisotopic (exact) mass is 533 g/mol. The number of halogens is 1. The Morgan fingerprint density at radius 2 is 1.80 bits per heavy atom. The lowest BCUT2D eigenvalue weighted by molar-refractivity contribution is -0.117. The van der Waals surface area contributed by atoms with Crippen molar-refractivity contribution < 1.29 is 14.3 Å². The van der Waals surface area contributed by atoms with Gasteiger partial charge in [-0.05, 0) is 67.4 Å². The average Bonchev–Trinajstić information content (AvgIpc) is 3.44. The normalized spacial score (nSPS) is 15.7. The van der Waals surface area contributed by atoms with E-state index in [1.54, 1.807) is 7.11 Å². The Morgan fingerprint density at radius 1 is 1.00 bits per heavy atom. The van der Waals surface area contributed by atoms with Gasteiger partial charge < -0.3 is 18.9 Å². The minimum Gasteiger partial charge on any atom is -0.497 e. The summed E-state index contributed by atoms with van der Waals surface area (Å²) in [5.41, 5.74) is 3.02. The first kappa shape index (κ1) is 23.4. The van der Waals surface area contributed by atoms with Crippen molar-refractivity contribution in [1.82, 2.24) is 9.55 Å². The number of rotatable bonds is 9. The third-order valence-electron chi connectivity index (χ3n) is 6.40. The SMILES string of the molecule is COc1ccc(OCCCCn2c(C3CC(=O)N(c4cccc(Br)c4)C3)nc3ccccc32)cc1. The fourth-order valence-electron chi connectivity index (χ4n) is 4.65. The quantitative estimate of drug-likeness (QED) is 0.241. The summed E-state index contributed by atoms with van der Waals surface area (Å²) in [6.45, 7) is 2.12. The molecular weight excluding hydrogens is 506 g/mol. The van der Waals surface area contributed by atoms with Crippen LogP contribution in [0.2, 0.25) is 0 Å². The van der Waals surface area contributed by atoms with E-state index >= 15 is 0 Å². The molecule has 4 aromatic rings. The Hall–Kier alpha value is -3.32. The lowest BCUT2D eigenvalue weighted by atomic mass is 10.1. The molecule has 6 nitrogen and oxygen atoms in total. The van der Waals surface area contributed by atoms with Gasteiger partial charge >= 0.3 is 0 Å². The maximum atomic E-state index is 12.9. The number of aryl methyl sites for hydroxylation is 1. The summed E-state index contributed by atoms with van der Waals surface area (Å²) in [6.07, 6.45) is 2.35. The van der Waals surface area contributed by atoms with Crippen molar-refractivity contribution in [3.05, 3.63) is 83.1 Å². The number of imidazole rings is 1. The van der Waals surface area contributed by atoms with Gasteiger partial charge in [-0.15, -0.1) is 0 Å². The summed E-state index contributed by atoms with van der Waals surface area (Å²) in [6, 6.07) is 23.8. The molecule has 1 fully saturated rings. The first-order chi connectivity index (χ1) is 17.1. The number of hydrogen-bond acceptors (Lipinski definition) is 4. The van der Waals surface area contributed by atoms with Gasteiger partial charge in [-0.25, -0.2) is 4.98 Å². The van der Waals surface area contributed by atoms with Crippen LogP contribution in [0.5, 0.6) is 11.5 Å². The van der Waals surface area contributed by atoms with Gasteiger partial charge in [0.2, 0.25) is 5.91 Å². The molecule has 1 aliphatic rings. The molecule has 180 valence electrons. The second-order valence-corrected chi connectivity index (χ2v) is 9.64. The highest BCUT2D eigenvalue weighted by atomic mass is 79.9. The average molecular weight is 534 g/mol. The molecule has 0 saturated carbocycles. The van der Waals surface area contributed by atoms with Gasteiger partial charge in [0.25, 0.3) is 0 Å². The fourth-order valence-corrected chi connectivity index (χ4v) is 5.04. The Bertz CT molecular complexity index is 1320. The third kappa shape index (κ3) is 5.20. The number of fused-ring (bicyclic) bond motifs is 1. The predicted molar refractivity (Wildman–Crippen MR) is 141 cm³/mol. The van der Waals surface area contributed by atoms with E-state index in [2.05, 4.69) is 26.6 Å². The molecule has 0 spiro atoms. The zero-order valence-corrected chi connectivity index (χ0v) is 21.3. The van der Waals surface area contributed by atoms with Gasteiger partial charge in [0.15, 0.2) is 0 Å². The second-order valence-electron chi connectivity index (χ2n) is 8.73. The number of unbranched alkanes of at least 4 members (excludes halogenated alkanes) is 1. The fraction of sp³-hybridized carbons (Fsp3) is 0.286. The molecule has 0 aliphatic carbocycles. The molecule has 1 aromatic heterocycles. The van der Waals surface area contributed by atoms with E-state index in [4.69, 9.17) is 14.5 Å². The van der Waals surface area contributed by atoms with Crippen molar-refractivity contribution >= 4 is 38.6 Å². The summed E-state index contributed by atoms with van der Waals surface area (Å²) in [4.78, 5) is 19.8. The van der Waals surface area contributed by atoms with Crippen molar-refractivity contribution in [1.29, 1.82) is 0 Å². The Labute approximate surface area is 213 Å². The zero-order chi connectivity index (χ0) is 24.2. The predicted octanol–water partition coefficient (Wildman–Crippen LogP) is 6.19. The van der Waals surface area contributed by atoms with Gasteiger partial charge in [0.1, 0.15) is 17.3 Å². The molecule has 5 rings (SSSR count). The first-order valence-corrected chi connectivity index (χ1v) is 12.7. The van der Waals surface area contributed by atoms with Crippen LogP contribution in [0.15, 0.2) is 77.3 Å². The van der Waals surface area contributed by atoms with Crippen LogP contribution in [-0.2, 0) is 11.3 Å². The number of ether oxygens (including phenoxy) is 2. The molecule has 2 heterocycles. The Balaban J connectivity index is 1.27. The lowest BCUT2D eigenvalue weighted by Crippen LogP contribution is -2.24. The van der Waals surface area contributed by atoms with Crippen LogP contribution < -0.4 is 14.4 Å². The summed E-state index contributed by atoms with van der Waals surface area (Å²) in [5, 5.41) is 0. The number of amides is 1. The lowest BCUT2D eigenvalue weighted by Gasteiger charge is -2.18. The number of carbonyl (C=O) groups excluding carboxylic acids is 1. The maximum absolute atomic E-state index is 12.9. The van der Waals surface area contributed by atoms with Crippen LogP contribution in [0.1, 0.15) is 31.0 Å². The molecule has 1 atom stereocenters. The number of carbonyl (C=O) groups is 1. The molecule has 1 aliphatic heterocycles. The molecule has 7 heteroatoms. The van der Waals surface area contributed by atoms with Crippen LogP contribution in [-0.4, -0.2) is 35.7 Å². The van der Waals surface area contributed by atoms with E-state index < -0.39 is 0 Å².